The van der Waals surface area contributed by atoms with Gasteiger partial charge < -0.3 is 9.64 Å². The maximum atomic E-state index is 12.7. The number of methoxy groups -OCH3 is 1. The third kappa shape index (κ3) is 4.56. The van der Waals surface area contributed by atoms with Crippen LogP contribution < -0.4 is 4.74 Å². The summed E-state index contributed by atoms with van der Waals surface area (Å²) in [6.45, 7) is 4.01. The Morgan fingerprint density at radius 1 is 1.14 bits per heavy atom. The lowest BCUT2D eigenvalue weighted by Gasteiger charge is -2.30. The van der Waals surface area contributed by atoms with Crippen molar-refractivity contribution in [3.8, 4) is 16.9 Å². The van der Waals surface area contributed by atoms with Crippen LogP contribution in [0.2, 0.25) is 0 Å². The number of benzene rings is 2. The van der Waals surface area contributed by atoms with Crippen molar-refractivity contribution in [3.05, 3.63) is 54.6 Å². The highest BCUT2D eigenvalue weighted by molar-refractivity contribution is 7.99. The van der Waals surface area contributed by atoms with Gasteiger partial charge in [-0.3, -0.25) is 4.79 Å². The minimum atomic E-state index is 0.204. The highest BCUT2D eigenvalue weighted by Crippen LogP contribution is 2.33. The summed E-state index contributed by atoms with van der Waals surface area (Å²) in [5.74, 6) is 2.13. The van der Waals surface area contributed by atoms with E-state index >= 15 is 0 Å². The van der Waals surface area contributed by atoms with Crippen molar-refractivity contribution in [1.29, 1.82) is 0 Å². The molecule has 0 saturated carbocycles. The van der Waals surface area contributed by atoms with Gasteiger partial charge in [-0.2, -0.15) is 0 Å². The van der Waals surface area contributed by atoms with Crippen molar-refractivity contribution < 1.29 is 9.53 Å². The van der Waals surface area contributed by atoms with E-state index in [1.54, 1.807) is 7.11 Å². The summed E-state index contributed by atoms with van der Waals surface area (Å²) in [4.78, 5) is 19.5. The van der Waals surface area contributed by atoms with E-state index in [1.165, 1.54) is 11.8 Å². The Hall–Kier alpha value is -2.53. The molecule has 29 heavy (non-hydrogen) atoms. The van der Waals surface area contributed by atoms with Gasteiger partial charge in [0.1, 0.15) is 5.75 Å². The highest BCUT2D eigenvalue weighted by atomic mass is 32.2. The first-order valence-corrected chi connectivity index (χ1v) is 11.1. The highest BCUT2D eigenvalue weighted by Gasteiger charge is 2.20. The Morgan fingerprint density at radius 3 is 2.62 bits per heavy atom. The molecule has 5 heteroatoms. The fourth-order valence-electron chi connectivity index (χ4n) is 3.73. The summed E-state index contributed by atoms with van der Waals surface area (Å²) >= 11 is 1.52. The van der Waals surface area contributed by atoms with Crippen LogP contribution in [0.25, 0.3) is 22.0 Å². The number of pyridine rings is 1. The molecule has 1 saturated heterocycles. The molecular weight excluding hydrogens is 380 g/mol. The summed E-state index contributed by atoms with van der Waals surface area (Å²) in [5, 5.41) is 1.95. The van der Waals surface area contributed by atoms with Crippen LogP contribution in [0.3, 0.4) is 0 Å². The zero-order chi connectivity index (χ0) is 20.2. The van der Waals surface area contributed by atoms with E-state index in [0.717, 1.165) is 64.7 Å². The van der Waals surface area contributed by atoms with E-state index in [2.05, 4.69) is 31.2 Å². The van der Waals surface area contributed by atoms with Gasteiger partial charge in [0.2, 0.25) is 5.91 Å². The lowest BCUT2D eigenvalue weighted by atomic mass is 9.99. The minimum absolute atomic E-state index is 0.204. The summed E-state index contributed by atoms with van der Waals surface area (Å²) in [7, 11) is 1.66. The fourth-order valence-corrected chi connectivity index (χ4v) is 4.54. The van der Waals surface area contributed by atoms with E-state index in [4.69, 9.17) is 9.72 Å². The molecule has 0 radical (unpaired) electrons. The van der Waals surface area contributed by atoms with Crippen LogP contribution in [0.15, 0.2) is 59.6 Å². The van der Waals surface area contributed by atoms with Crippen LogP contribution in [0.4, 0.5) is 0 Å². The number of rotatable bonds is 5. The lowest BCUT2D eigenvalue weighted by Crippen LogP contribution is -2.38. The average Bonchev–Trinajstić information content (AvgIpc) is 2.77. The maximum absolute atomic E-state index is 12.7. The third-order valence-electron chi connectivity index (χ3n) is 5.56. The summed E-state index contributed by atoms with van der Waals surface area (Å²) in [6, 6.07) is 18.4. The molecule has 2 heterocycles. The molecule has 0 unspecified atom stereocenters. The molecule has 2 aromatic carbocycles. The molecule has 1 aliphatic heterocycles. The molecule has 1 amide bonds. The maximum Gasteiger partial charge on any atom is 0.232 e. The number of carbonyl (C=O) groups is 1. The number of fused-ring (bicyclic) bond motifs is 1. The van der Waals surface area contributed by atoms with Crippen LogP contribution in [0.5, 0.6) is 5.75 Å². The molecule has 0 atom stereocenters. The third-order valence-corrected chi connectivity index (χ3v) is 6.45. The van der Waals surface area contributed by atoms with Crippen molar-refractivity contribution in [2.24, 2.45) is 5.92 Å². The van der Waals surface area contributed by atoms with Gasteiger partial charge in [0.25, 0.3) is 0 Å². The number of carbonyl (C=O) groups excluding carboxylic acids is 1. The van der Waals surface area contributed by atoms with Gasteiger partial charge in [0.15, 0.2) is 0 Å². The first-order valence-electron chi connectivity index (χ1n) is 10.1. The first-order chi connectivity index (χ1) is 14.1. The van der Waals surface area contributed by atoms with Gasteiger partial charge >= 0.3 is 0 Å². The Kier molecular flexibility index (Phi) is 6.05. The predicted molar refractivity (Wildman–Crippen MR) is 119 cm³/mol. The topological polar surface area (TPSA) is 42.4 Å². The molecule has 0 bridgehead atoms. The number of thioether (sulfide) groups is 1. The Morgan fingerprint density at radius 2 is 1.90 bits per heavy atom. The molecule has 4 nitrogen and oxygen atoms in total. The van der Waals surface area contributed by atoms with Crippen LogP contribution in [-0.2, 0) is 4.79 Å². The Labute approximate surface area is 176 Å². The number of amides is 1. The molecule has 150 valence electrons. The molecule has 1 aliphatic rings. The number of hydrogen-bond acceptors (Lipinski definition) is 4. The number of nitrogens with zero attached hydrogens (tertiary/aromatic N) is 2. The second-order valence-electron chi connectivity index (χ2n) is 7.61. The monoisotopic (exact) mass is 406 g/mol. The lowest BCUT2D eigenvalue weighted by molar-refractivity contribution is -0.129. The van der Waals surface area contributed by atoms with Gasteiger partial charge in [0.05, 0.1) is 23.4 Å². The van der Waals surface area contributed by atoms with E-state index in [1.807, 2.05) is 35.2 Å². The zero-order valence-corrected chi connectivity index (χ0v) is 17.7. The second-order valence-corrected chi connectivity index (χ2v) is 8.60. The van der Waals surface area contributed by atoms with E-state index in [9.17, 15) is 4.79 Å². The smallest absolute Gasteiger partial charge is 0.232 e. The normalized spacial score (nSPS) is 14.9. The number of aromatic nitrogens is 1. The molecule has 0 spiro atoms. The van der Waals surface area contributed by atoms with E-state index < -0.39 is 0 Å². The van der Waals surface area contributed by atoms with Gasteiger partial charge in [0, 0.05) is 24.5 Å². The predicted octanol–water partition coefficient (Wildman–Crippen LogP) is 5.26. The Balaban J connectivity index is 1.61. The van der Waals surface area contributed by atoms with Crippen molar-refractivity contribution in [2.75, 3.05) is 26.0 Å². The van der Waals surface area contributed by atoms with Crippen molar-refractivity contribution in [1.82, 2.24) is 9.88 Å². The molecule has 1 aromatic heterocycles. The molecule has 1 fully saturated rings. The molecule has 0 N–H and O–H groups in total. The number of likely N-dealkylation sites (tertiary alicyclic amines) is 1. The van der Waals surface area contributed by atoms with Gasteiger partial charge in [-0.1, -0.05) is 49.0 Å². The second kappa shape index (κ2) is 8.87. The largest absolute Gasteiger partial charge is 0.497 e. The average molecular weight is 407 g/mol. The minimum Gasteiger partial charge on any atom is -0.497 e. The number of ether oxygens (including phenoxy) is 1. The quantitative estimate of drug-likeness (QED) is 0.542. The molecular formula is C24H26N2O2S. The van der Waals surface area contributed by atoms with Crippen molar-refractivity contribution in [3.63, 3.8) is 0 Å². The first kappa shape index (κ1) is 19.8. The SMILES string of the molecule is COc1ccc2c(-c3ccccc3)cc(SCC(=O)N3CCC(C)CC3)nc2c1. The van der Waals surface area contributed by atoms with Gasteiger partial charge in [-0.05, 0) is 48.1 Å². The summed E-state index contributed by atoms with van der Waals surface area (Å²) < 4.78 is 5.39. The van der Waals surface area contributed by atoms with Gasteiger partial charge in [-0.25, -0.2) is 4.98 Å². The zero-order valence-electron chi connectivity index (χ0n) is 16.9. The van der Waals surface area contributed by atoms with E-state index in [0.29, 0.717) is 5.75 Å². The Bertz CT molecular complexity index is 998. The van der Waals surface area contributed by atoms with Crippen LogP contribution in [-0.4, -0.2) is 41.7 Å². The number of piperidine rings is 1. The summed E-state index contributed by atoms with van der Waals surface area (Å²) in [6.07, 6.45) is 2.20. The van der Waals surface area contributed by atoms with E-state index in [-0.39, 0.29) is 5.91 Å². The van der Waals surface area contributed by atoms with Crippen molar-refractivity contribution in [2.45, 2.75) is 24.8 Å². The standard InChI is InChI=1S/C24H26N2O2S/c1-17-10-12-26(13-11-17)24(27)16-29-23-15-21(18-6-4-3-5-7-18)20-9-8-19(28-2)14-22(20)25-23/h3-9,14-15,17H,10-13,16H2,1-2H3. The number of hydrogen-bond donors (Lipinski definition) is 0. The van der Waals surface area contributed by atoms with Crippen LogP contribution in [0.1, 0.15) is 19.8 Å². The molecule has 3 aromatic rings. The molecule has 0 aliphatic carbocycles. The van der Waals surface area contributed by atoms with Crippen LogP contribution >= 0.6 is 11.8 Å². The molecule has 4 rings (SSSR count). The van der Waals surface area contributed by atoms with Crippen LogP contribution in [0, 0.1) is 5.92 Å². The van der Waals surface area contributed by atoms with Crippen molar-refractivity contribution >= 4 is 28.6 Å². The fraction of sp³-hybridized carbons (Fsp3) is 0.333. The summed E-state index contributed by atoms with van der Waals surface area (Å²) in [5.41, 5.74) is 3.15. The van der Waals surface area contributed by atoms with Gasteiger partial charge in [-0.15, -0.1) is 0 Å².